The molecular weight excluding hydrogens is 392 g/mol. The van der Waals surface area contributed by atoms with Gasteiger partial charge in [-0.1, -0.05) is 30.3 Å². The maximum Gasteiger partial charge on any atom is 0.240 e. The van der Waals surface area contributed by atoms with Gasteiger partial charge in [-0.3, -0.25) is 4.79 Å². The molecule has 0 N–H and O–H groups in total. The van der Waals surface area contributed by atoms with E-state index in [1.807, 2.05) is 76.1 Å². The normalized spacial score (nSPS) is 9.69. The van der Waals surface area contributed by atoms with Gasteiger partial charge in [0.05, 0.1) is 45.7 Å². The highest BCUT2D eigenvalue weighted by Crippen LogP contribution is 2.11. The maximum absolute atomic E-state index is 11.2. The van der Waals surface area contributed by atoms with Gasteiger partial charge in [0.2, 0.25) is 5.91 Å². The maximum atomic E-state index is 11.2. The zero-order valence-electron chi connectivity index (χ0n) is 6.91. The van der Waals surface area contributed by atoms with Crippen molar-refractivity contribution >= 4 is 51.6 Å². The van der Waals surface area contributed by atoms with E-state index < -0.39 is 0 Å². The van der Waals surface area contributed by atoms with Crippen LogP contribution in [0.25, 0.3) is 0 Å². The lowest BCUT2D eigenvalue weighted by atomic mass is 10.1. The third-order valence-electron chi connectivity index (χ3n) is 1.66. The predicted octanol–water partition coefficient (Wildman–Crippen LogP) is 3.15. The Morgan fingerprint density at radius 1 is 1.23 bits per heavy atom. The number of nitrogens with zero attached hydrogens (tertiary/aromatic N) is 1. The van der Waals surface area contributed by atoms with Crippen LogP contribution in [0.15, 0.2) is 30.3 Å². The van der Waals surface area contributed by atoms with E-state index >= 15 is 0 Å². The standard InChI is InChI=1S/C9H9I2NO/c10-12(11)9(13)7-6-8-4-2-1-3-5-8/h1-5H,6-7H2. The highest BCUT2D eigenvalue weighted by atomic mass is 127. The minimum Gasteiger partial charge on any atom is -0.273 e. The number of amides is 1. The fraction of sp³-hybridized carbons (Fsp3) is 0.222. The first-order valence-electron chi connectivity index (χ1n) is 3.88. The van der Waals surface area contributed by atoms with Gasteiger partial charge in [-0.15, -0.1) is 0 Å². The molecule has 0 heterocycles. The molecule has 0 spiro atoms. The van der Waals surface area contributed by atoms with Crippen LogP contribution in [-0.4, -0.2) is 7.23 Å². The molecule has 0 aliphatic carbocycles. The largest absolute Gasteiger partial charge is 0.273 e. The Labute approximate surface area is 106 Å². The molecule has 0 saturated heterocycles. The zero-order valence-corrected chi connectivity index (χ0v) is 11.2. The van der Waals surface area contributed by atoms with E-state index in [0.29, 0.717) is 6.42 Å². The second kappa shape index (κ2) is 5.79. The molecule has 2 nitrogen and oxygen atoms in total. The summed E-state index contributed by atoms with van der Waals surface area (Å²) in [4.78, 5) is 11.2. The van der Waals surface area contributed by atoms with E-state index in [9.17, 15) is 4.79 Å². The lowest BCUT2D eigenvalue weighted by Gasteiger charge is -2.04. The van der Waals surface area contributed by atoms with Crippen LogP contribution < -0.4 is 0 Å². The number of carbonyl (C=O) groups is 1. The molecule has 1 aromatic rings. The molecule has 13 heavy (non-hydrogen) atoms. The predicted molar refractivity (Wildman–Crippen MR) is 69.6 cm³/mol. The summed E-state index contributed by atoms with van der Waals surface area (Å²) < 4.78 is 1.57. The van der Waals surface area contributed by atoms with Gasteiger partial charge in [-0.25, -0.2) is 1.33 Å². The first kappa shape index (κ1) is 11.2. The van der Waals surface area contributed by atoms with Gasteiger partial charge in [-0.05, 0) is 12.0 Å². The summed E-state index contributed by atoms with van der Waals surface area (Å²) in [5, 5.41) is 0. The highest BCUT2D eigenvalue weighted by Gasteiger charge is 2.06. The second-order valence-corrected chi connectivity index (χ2v) is 6.39. The van der Waals surface area contributed by atoms with Crippen LogP contribution in [0, 0.1) is 0 Å². The average Bonchev–Trinajstić information content (AvgIpc) is 2.15. The number of aryl methyl sites for hydroxylation is 1. The van der Waals surface area contributed by atoms with Gasteiger partial charge in [-0.2, -0.15) is 0 Å². The third-order valence-corrected chi connectivity index (χ3v) is 2.74. The van der Waals surface area contributed by atoms with Crippen molar-refractivity contribution in [2.45, 2.75) is 12.8 Å². The highest BCUT2D eigenvalue weighted by molar-refractivity contribution is 14.2. The van der Waals surface area contributed by atoms with Crippen LogP contribution in [0.3, 0.4) is 0 Å². The minimum absolute atomic E-state index is 0.157. The fourth-order valence-corrected chi connectivity index (χ4v) is 1.46. The molecule has 0 unspecified atom stereocenters. The molecule has 0 fully saturated rings. The smallest absolute Gasteiger partial charge is 0.240 e. The van der Waals surface area contributed by atoms with Crippen LogP contribution in [0.2, 0.25) is 0 Å². The lowest BCUT2D eigenvalue weighted by Crippen LogP contribution is -2.10. The van der Waals surface area contributed by atoms with Crippen molar-refractivity contribution in [1.82, 2.24) is 1.33 Å². The van der Waals surface area contributed by atoms with Crippen molar-refractivity contribution in [1.29, 1.82) is 0 Å². The van der Waals surface area contributed by atoms with Crippen molar-refractivity contribution in [2.75, 3.05) is 0 Å². The van der Waals surface area contributed by atoms with E-state index in [2.05, 4.69) is 0 Å². The lowest BCUT2D eigenvalue weighted by molar-refractivity contribution is -0.121. The van der Waals surface area contributed by atoms with Crippen LogP contribution in [0.1, 0.15) is 12.0 Å². The molecular formula is C9H9I2NO. The third kappa shape index (κ3) is 4.26. The number of carbonyl (C=O) groups excluding carboxylic acids is 1. The molecule has 0 aromatic heterocycles. The summed E-state index contributed by atoms with van der Waals surface area (Å²) >= 11 is 3.96. The Bertz CT molecular complexity index is 274. The molecule has 0 aliphatic heterocycles. The zero-order chi connectivity index (χ0) is 9.68. The Kier molecular flexibility index (Phi) is 5.00. The van der Waals surface area contributed by atoms with Crippen molar-refractivity contribution in [2.24, 2.45) is 0 Å². The molecule has 0 aliphatic rings. The van der Waals surface area contributed by atoms with Crippen LogP contribution in [0.4, 0.5) is 0 Å². The summed E-state index contributed by atoms with van der Waals surface area (Å²) in [6.45, 7) is 0. The number of hydrogen-bond donors (Lipinski definition) is 0. The van der Waals surface area contributed by atoms with Gasteiger partial charge in [0.1, 0.15) is 0 Å². The van der Waals surface area contributed by atoms with Crippen LogP contribution >= 0.6 is 45.7 Å². The quantitative estimate of drug-likeness (QED) is 0.563. The molecule has 1 aromatic carbocycles. The molecule has 70 valence electrons. The first-order valence-corrected chi connectivity index (χ1v) is 5.81. The molecule has 1 rings (SSSR count). The number of benzene rings is 1. The number of halogens is 2. The topological polar surface area (TPSA) is 20.3 Å². The number of hydrogen-bond acceptors (Lipinski definition) is 1. The SMILES string of the molecule is O=C(CCc1ccccc1)N(I)I. The molecule has 0 saturated carbocycles. The van der Waals surface area contributed by atoms with Gasteiger partial charge in [0.25, 0.3) is 0 Å². The van der Waals surface area contributed by atoms with Gasteiger partial charge in [0.15, 0.2) is 0 Å². The Balaban J connectivity index is 2.40. The molecule has 0 bridgehead atoms. The van der Waals surface area contributed by atoms with E-state index in [0.717, 1.165) is 6.42 Å². The first-order chi connectivity index (χ1) is 6.20. The van der Waals surface area contributed by atoms with Crippen molar-refractivity contribution in [3.63, 3.8) is 0 Å². The van der Waals surface area contributed by atoms with Crippen molar-refractivity contribution in [3.8, 4) is 0 Å². The Hall–Kier alpha value is 0.150. The Morgan fingerprint density at radius 3 is 2.38 bits per heavy atom. The van der Waals surface area contributed by atoms with E-state index in [1.165, 1.54) is 5.56 Å². The van der Waals surface area contributed by atoms with Crippen LogP contribution in [0.5, 0.6) is 0 Å². The molecule has 0 atom stereocenters. The average molecular weight is 401 g/mol. The van der Waals surface area contributed by atoms with Gasteiger partial charge < -0.3 is 0 Å². The fourth-order valence-electron chi connectivity index (χ4n) is 0.980. The Morgan fingerprint density at radius 2 is 1.85 bits per heavy atom. The monoisotopic (exact) mass is 401 g/mol. The summed E-state index contributed by atoms with van der Waals surface area (Å²) in [5.41, 5.74) is 1.21. The summed E-state index contributed by atoms with van der Waals surface area (Å²) in [6.07, 6.45) is 1.40. The summed E-state index contributed by atoms with van der Waals surface area (Å²) in [5.74, 6) is 0.157. The molecule has 1 amide bonds. The molecule has 0 radical (unpaired) electrons. The summed E-state index contributed by atoms with van der Waals surface area (Å²) in [6, 6.07) is 10.0. The van der Waals surface area contributed by atoms with Crippen LogP contribution in [-0.2, 0) is 11.2 Å². The van der Waals surface area contributed by atoms with Gasteiger partial charge in [0, 0.05) is 6.42 Å². The minimum atomic E-state index is 0.157. The van der Waals surface area contributed by atoms with Gasteiger partial charge >= 0.3 is 0 Å². The van der Waals surface area contributed by atoms with E-state index in [4.69, 9.17) is 0 Å². The number of rotatable bonds is 3. The van der Waals surface area contributed by atoms with E-state index in [1.54, 1.807) is 1.33 Å². The summed E-state index contributed by atoms with van der Waals surface area (Å²) in [7, 11) is 0. The van der Waals surface area contributed by atoms with Crippen molar-refractivity contribution in [3.05, 3.63) is 35.9 Å². The van der Waals surface area contributed by atoms with E-state index in [-0.39, 0.29) is 5.91 Å². The van der Waals surface area contributed by atoms with Crippen molar-refractivity contribution < 1.29 is 4.79 Å². The molecule has 4 heteroatoms. The second-order valence-electron chi connectivity index (χ2n) is 2.61.